The normalized spacial score (nSPS) is 26.6. The summed E-state index contributed by atoms with van der Waals surface area (Å²) in [6.45, 7) is 1.65. The van der Waals surface area contributed by atoms with Crippen LogP contribution in [0.1, 0.15) is 6.92 Å². The van der Waals surface area contributed by atoms with Crippen LogP contribution < -0.4 is 0 Å². The van der Waals surface area contributed by atoms with E-state index in [0.717, 1.165) is 0 Å². The number of nitrogens with zero attached hydrogens (tertiary/aromatic N) is 1. The number of aliphatic imine (C=N–C) groups is 1. The first kappa shape index (κ1) is 5.79. The quantitative estimate of drug-likeness (QED) is 0.338. The Morgan fingerprint density at radius 3 is 2.12 bits per heavy atom. The maximum absolute atomic E-state index is 8.53. The van der Waals surface area contributed by atoms with E-state index in [2.05, 4.69) is 4.99 Å². The Balaban J connectivity index is 2.47. The molecule has 42 valence electrons. The van der Waals surface area contributed by atoms with Crippen molar-refractivity contribution in [3.05, 3.63) is 0 Å². The lowest BCUT2D eigenvalue weighted by Crippen LogP contribution is -2.18. The Morgan fingerprint density at radius 2 is 2.12 bits per heavy atom. The predicted octanol–water partition coefficient (Wildman–Crippen LogP) is -0.944. The molecular formula is C4H6BNO2. The van der Waals surface area contributed by atoms with Gasteiger partial charge in [-0.05, 0) is 5.82 Å². The third-order valence-electron chi connectivity index (χ3n) is 1.00. The van der Waals surface area contributed by atoms with E-state index >= 15 is 0 Å². The van der Waals surface area contributed by atoms with Crippen molar-refractivity contribution in [2.45, 2.75) is 18.7 Å². The van der Waals surface area contributed by atoms with Crippen LogP contribution in [-0.4, -0.2) is 29.7 Å². The molecule has 1 unspecified atom stereocenters. The molecule has 0 fully saturated rings. The molecule has 2 N–H and O–H groups in total. The van der Waals surface area contributed by atoms with Gasteiger partial charge in [0, 0.05) is 0 Å². The maximum Gasteiger partial charge on any atom is 0.306 e. The monoisotopic (exact) mass is 111 g/mol. The zero-order chi connectivity index (χ0) is 6.36. The van der Waals surface area contributed by atoms with Crippen LogP contribution >= 0.6 is 0 Å². The number of aliphatic hydroxyl groups is 2. The molecule has 1 rings (SSSR count). The highest BCUT2D eigenvalue weighted by Gasteiger charge is 2.44. The Hall–Kier alpha value is -0.345. The van der Waals surface area contributed by atoms with Crippen molar-refractivity contribution in [3.8, 4) is 0 Å². The van der Waals surface area contributed by atoms with Gasteiger partial charge in [-0.2, -0.15) is 0 Å². The summed E-state index contributed by atoms with van der Waals surface area (Å²) in [7, 11) is 5.22. The van der Waals surface area contributed by atoms with Gasteiger partial charge in [0.2, 0.25) is 0 Å². The van der Waals surface area contributed by atoms with Crippen LogP contribution in [0.2, 0.25) is 5.82 Å². The number of hydrogen-bond acceptors (Lipinski definition) is 3. The molecule has 0 bridgehead atoms. The van der Waals surface area contributed by atoms with E-state index < -0.39 is 5.91 Å². The molecule has 2 radical (unpaired) electrons. The largest absolute Gasteiger partial charge is 0.343 e. The van der Waals surface area contributed by atoms with E-state index in [1.165, 1.54) is 0 Å². The summed E-state index contributed by atoms with van der Waals surface area (Å²) < 4.78 is 0. The molecule has 3 nitrogen and oxygen atoms in total. The molecule has 4 heteroatoms. The molecule has 0 aromatic rings. The van der Waals surface area contributed by atoms with Gasteiger partial charge in [-0.3, -0.25) is 0 Å². The van der Waals surface area contributed by atoms with Gasteiger partial charge in [-0.15, -0.1) is 0 Å². The highest BCUT2D eigenvalue weighted by atomic mass is 16.5. The van der Waals surface area contributed by atoms with Gasteiger partial charge < -0.3 is 10.2 Å². The second kappa shape index (κ2) is 1.33. The van der Waals surface area contributed by atoms with Crippen molar-refractivity contribution in [1.82, 2.24) is 0 Å². The zero-order valence-electron chi connectivity index (χ0n) is 4.50. The third-order valence-corrected chi connectivity index (χ3v) is 1.00. The van der Waals surface area contributed by atoms with Crippen LogP contribution in [-0.2, 0) is 0 Å². The summed E-state index contributed by atoms with van der Waals surface area (Å²) in [5, 5.41) is 17.1. The smallest absolute Gasteiger partial charge is 0.306 e. The maximum atomic E-state index is 8.53. The van der Waals surface area contributed by atoms with Gasteiger partial charge in [0.15, 0.2) is 0 Å². The first-order valence-corrected chi connectivity index (χ1v) is 2.34. The molecule has 1 aliphatic heterocycles. The molecule has 1 heterocycles. The summed E-state index contributed by atoms with van der Waals surface area (Å²) in [5.74, 6) is -2.24. The lowest BCUT2D eigenvalue weighted by Gasteiger charge is -1.98. The standard InChI is InChI=1S/C4H6BNO2/c1-2(5)3-4(7,8)6-3/h2,7-8H,1H3. The van der Waals surface area contributed by atoms with Gasteiger partial charge in [0.1, 0.15) is 0 Å². The predicted molar refractivity (Wildman–Crippen MR) is 29.8 cm³/mol. The van der Waals surface area contributed by atoms with Crippen molar-refractivity contribution >= 4 is 13.6 Å². The van der Waals surface area contributed by atoms with Gasteiger partial charge in [-0.1, -0.05) is 6.92 Å². The lowest BCUT2D eigenvalue weighted by atomic mass is 9.86. The van der Waals surface area contributed by atoms with Crippen LogP contribution in [0.25, 0.3) is 0 Å². The van der Waals surface area contributed by atoms with E-state index in [1.54, 1.807) is 6.92 Å². The zero-order valence-corrected chi connectivity index (χ0v) is 4.50. The molecular weight excluding hydrogens is 105 g/mol. The highest BCUT2D eigenvalue weighted by molar-refractivity contribution is 6.29. The van der Waals surface area contributed by atoms with Crippen LogP contribution in [0.15, 0.2) is 4.99 Å². The second-order valence-electron chi connectivity index (χ2n) is 1.92. The Labute approximate surface area is 48.5 Å². The molecule has 0 aliphatic carbocycles. The molecule has 0 aromatic carbocycles. The van der Waals surface area contributed by atoms with Gasteiger partial charge in [0.25, 0.3) is 0 Å². The summed E-state index contributed by atoms with van der Waals surface area (Å²) in [6, 6.07) is 0. The summed E-state index contributed by atoms with van der Waals surface area (Å²) in [6.07, 6.45) is 0. The molecule has 1 aliphatic rings. The van der Waals surface area contributed by atoms with E-state index in [4.69, 9.17) is 18.1 Å². The molecule has 0 saturated carbocycles. The fraction of sp³-hybridized carbons (Fsp3) is 0.750. The summed E-state index contributed by atoms with van der Waals surface area (Å²) in [5.41, 5.74) is 0.262. The third kappa shape index (κ3) is 0.765. The number of hydrogen-bond donors (Lipinski definition) is 2. The second-order valence-corrected chi connectivity index (χ2v) is 1.92. The molecule has 8 heavy (non-hydrogen) atoms. The molecule has 0 aromatic heterocycles. The Morgan fingerprint density at radius 1 is 1.75 bits per heavy atom. The van der Waals surface area contributed by atoms with E-state index in [1.807, 2.05) is 0 Å². The minimum Gasteiger partial charge on any atom is -0.343 e. The number of rotatable bonds is 1. The van der Waals surface area contributed by atoms with Gasteiger partial charge in [0.05, 0.1) is 13.6 Å². The Kier molecular flexibility index (Phi) is 0.961. The summed E-state index contributed by atoms with van der Waals surface area (Å²) >= 11 is 0. The van der Waals surface area contributed by atoms with E-state index in [9.17, 15) is 0 Å². The lowest BCUT2D eigenvalue weighted by molar-refractivity contribution is -0.0560. The minimum absolute atomic E-state index is 0.262. The first-order valence-electron chi connectivity index (χ1n) is 2.34. The van der Waals surface area contributed by atoms with E-state index in [-0.39, 0.29) is 11.5 Å². The SMILES string of the molecule is [B]C(C)C1=NC1(O)O. The van der Waals surface area contributed by atoms with Crippen LogP contribution in [0.4, 0.5) is 0 Å². The highest BCUT2D eigenvalue weighted by Crippen LogP contribution is 2.27. The first-order chi connectivity index (χ1) is 3.54. The van der Waals surface area contributed by atoms with Crippen molar-refractivity contribution in [1.29, 1.82) is 0 Å². The van der Waals surface area contributed by atoms with Gasteiger partial charge >= 0.3 is 5.91 Å². The average Bonchev–Trinajstić information content (AvgIpc) is 2.13. The average molecular weight is 111 g/mol. The van der Waals surface area contributed by atoms with Crippen molar-refractivity contribution < 1.29 is 10.2 Å². The van der Waals surface area contributed by atoms with Crippen LogP contribution in [0.5, 0.6) is 0 Å². The van der Waals surface area contributed by atoms with Crippen LogP contribution in [0, 0.1) is 0 Å². The van der Waals surface area contributed by atoms with E-state index in [0.29, 0.717) is 0 Å². The minimum atomic E-state index is -1.89. The Bertz CT molecular complexity index is 141. The van der Waals surface area contributed by atoms with Gasteiger partial charge in [-0.25, -0.2) is 4.99 Å². The fourth-order valence-electron chi connectivity index (χ4n) is 0.547. The van der Waals surface area contributed by atoms with Crippen molar-refractivity contribution in [2.24, 2.45) is 4.99 Å². The molecule has 1 atom stereocenters. The molecule has 0 amide bonds. The molecule has 0 saturated heterocycles. The summed E-state index contributed by atoms with van der Waals surface area (Å²) in [4.78, 5) is 3.29. The molecule has 0 spiro atoms. The van der Waals surface area contributed by atoms with Crippen LogP contribution in [0.3, 0.4) is 0 Å². The fourth-order valence-corrected chi connectivity index (χ4v) is 0.547. The topological polar surface area (TPSA) is 52.8 Å². The van der Waals surface area contributed by atoms with Crippen molar-refractivity contribution in [2.75, 3.05) is 0 Å². The van der Waals surface area contributed by atoms with Crippen molar-refractivity contribution in [3.63, 3.8) is 0 Å².